The van der Waals surface area contributed by atoms with Crippen LogP contribution >= 0.6 is 0 Å². The molecule has 5 atom stereocenters. The normalized spacial score (nSPS) is 53.0. The van der Waals surface area contributed by atoms with Crippen LogP contribution < -0.4 is 0 Å². The maximum Gasteiger partial charge on any atom is 0.159 e. The van der Waals surface area contributed by atoms with Gasteiger partial charge >= 0.3 is 0 Å². The number of fused-ring (bicyclic) bond motifs is 2. The highest BCUT2D eigenvalue weighted by Crippen LogP contribution is 2.69. The van der Waals surface area contributed by atoms with Gasteiger partial charge in [0.25, 0.3) is 0 Å². The molecule has 1 spiro atoms. The zero-order valence-electron chi connectivity index (χ0n) is 11.6. The number of carbonyl (C=O) groups excluding carboxylic acids is 2. The molecule has 2 bridgehead atoms. The zero-order chi connectivity index (χ0) is 14.3. The number of rotatable bonds is 1. The van der Waals surface area contributed by atoms with Gasteiger partial charge in [-0.05, 0) is 25.5 Å². The fourth-order valence-electron chi connectivity index (χ4n) is 4.62. The molecule has 4 aliphatic rings. The summed E-state index contributed by atoms with van der Waals surface area (Å²) in [5.41, 5.74) is -1.69. The highest BCUT2D eigenvalue weighted by molar-refractivity contribution is 5.99. The minimum absolute atomic E-state index is 0.0194. The lowest BCUT2D eigenvalue weighted by Gasteiger charge is -2.55. The molecular formula is C15H18O5. The first-order valence-corrected chi connectivity index (χ1v) is 7.06. The molecule has 108 valence electrons. The smallest absolute Gasteiger partial charge is 0.159 e. The van der Waals surface area contributed by atoms with Gasteiger partial charge in [-0.3, -0.25) is 9.59 Å². The largest absolute Gasteiger partial charge is 0.396 e. The average molecular weight is 278 g/mol. The summed E-state index contributed by atoms with van der Waals surface area (Å²) in [4.78, 5) is 24.8. The summed E-state index contributed by atoms with van der Waals surface area (Å²) < 4.78 is 11.7. The first kappa shape index (κ1) is 12.7. The van der Waals surface area contributed by atoms with Crippen molar-refractivity contribution in [3.8, 4) is 0 Å². The van der Waals surface area contributed by atoms with Gasteiger partial charge in [0.1, 0.15) is 11.4 Å². The van der Waals surface area contributed by atoms with Gasteiger partial charge in [0, 0.05) is 18.3 Å². The molecule has 0 unspecified atom stereocenters. The van der Waals surface area contributed by atoms with Gasteiger partial charge in [0.2, 0.25) is 0 Å². The summed E-state index contributed by atoms with van der Waals surface area (Å²) in [5, 5.41) is 10.1. The monoisotopic (exact) mass is 278 g/mol. The minimum atomic E-state index is -0.885. The third-order valence-electron chi connectivity index (χ3n) is 6.20. The SMILES string of the molecule is CC1=C[C@H]2O[C@@H]3CC(=O)[C@](C)([C@@]2(CO)CC1=O)[C@]31CO1. The highest BCUT2D eigenvalue weighted by atomic mass is 16.6. The van der Waals surface area contributed by atoms with Gasteiger partial charge in [0.05, 0.1) is 30.8 Å². The summed E-state index contributed by atoms with van der Waals surface area (Å²) in [6.07, 6.45) is 1.61. The first-order chi connectivity index (χ1) is 9.41. The Hall–Kier alpha value is -1.04. The van der Waals surface area contributed by atoms with Gasteiger partial charge in [0.15, 0.2) is 5.78 Å². The van der Waals surface area contributed by atoms with Crippen LogP contribution in [0.3, 0.4) is 0 Å². The topological polar surface area (TPSA) is 76.1 Å². The van der Waals surface area contributed by atoms with Gasteiger partial charge < -0.3 is 14.6 Å². The van der Waals surface area contributed by atoms with Gasteiger partial charge in [-0.15, -0.1) is 0 Å². The molecule has 0 aromatic rings. The maximum atomic E-state index is 12.6. The number of Topliss-reactive ketones (excluding diaryl/α,β-unsaturated/α-hetero) is 2. The fourth-order valence-corrected chi connectivity index (χ4v) is 4.62. The third-order valence-corrected chi connectivity index (χ3v) is 6.20. The van der Waals surface area contributed by atoms with E-state index in [9.17, 15) is 14.7 Å². The average Bonchev–Trinajstić information content (AvgIpc) is 3.18. The van der Waals surface area contributed by atoms with E-state index in [-0.39, 0.29) is 36.8 Å². The Morgan fingerprint density at radius 1 is 1.45 bits per heavy atom. The maximum absolute atomic E-state index is 12.6. The third kappa shape index (κ3) is 1.06. The molecule has 4 rings (SSSR count). The molecular weight excluding hydrogens is 260 g/mol. The van der Waals surface area contributed by atoms with E-state index in [2.05, 4.69) is 0 Å². The Morgan fingerprint density at radius 2 is 2.15 bits per heavy atom. The van der Waals surface area contributed by atoms with Crippen molar-refractivity contribution < 1.29 is 24.2 Å². The number of aliphatic hydroxyl groups is 1. The summed E-state index contributed by atoms with van der Waals surface area (Å²) >= 11 is 0. The molecule has 0 amide bonds. The van der Waals surface area contributed by atoms with E-state index in [1.165, 1.54) is 0 Å². The number of hydrogen-bond acceptors (Lipinski definition) is 5. The number of hydrogen-bond donors (Lipinski definition) is 1. The molecule has 20 heavy (non-hydrogen) atoms. The van der Waals surface area contributed by atoms with E-state index in [1.807, 2.05) is 6.92 Å². The molecule has 2 aliphatic carbocycles. The molecule has 1 saturated carbocycles. The van der Waals surface area contributed by atoms with Crippen LogP contribution in [0.4, 0.5) is 0 Å². The van der Waals surface area contributed by atoms with Gasteiger partial charge in [-0.1, -0.05) is 0 Å². The van der Waals surface area contributed by atoms with Crippen molar-refractivity contribution in [2.75, 3.05) is 13.2 Å². The van der Waals surface area contributed by atoms with Crippen LogP contribution in [0, 0.1) is 10.8 Å². The van der Waals surface area contributed by atoms with Crippen molar-refractivity contribution in [2.24, 2.45) is 10.8 Å². The van der Waals surface area contributed by atoms with Gasteiger partial charge in [-0.25, -0.2) is 0 Å². The Bertz CT molecular complexity index is 561. The molecule has 5 heteroatoms. The predicted octanol–water partition coefficient (Wildman–Crippen LogP) is 0.400. The zero-order valence-corrected chi connectivity index (χ0v) is 11.6. The van der Waals surface area contributed by atoms with Gasteiger partial charge in [-0.2, -0.15) is 0 Å². The molecule has 0 radical (unpaired) electrons. The number of allylic oxidation sites excluding steroid dienone is 1. The Labute approximate surface area is 116 Å². The quantitative estimate of drug-likeness (QED) is 0.703. The molecule has 5 nitrogen and oxygen atoms in total. The summed E-state index contributed by atoms with van der Waals surface area (Å²) in [5.74, 6) is 0.0337. The Morgan fingerprint density at radius 3 is 2.75 bits per heavy atom. The molecule has 0 aromatic heterocycles. The number of aliphatic hydroxyl groups excluding tert-OH is 1. The van der Waals surface area contributed by atoms with Crippen LogP contribution in [0.2, 0.25) is 0 Å². The Kier molecular flexibility index (Phi) is 2.16. The lowest BCUT2D eigenvalue weighted by molar-refractivity contribution is -0.209. The van der Waals surface area contributed by atoms with Crippen molar-refractivity contribution in [3.05, 3.63) is 11.6 Å². The minimum Gasteiger partial charge on any atom is -0.396 e. The Balaban J connectivity index is 1.94. The number of carbonyl (C=O) groups is 2. The molecule has 0 aromatic carbocycles. The summed E-state index contributed by atoms with van der Waals surface area (Å²) in [6, 6.07) is 0. The molecule has 2 aliphatic heterocycles. The summed E-state index contributed by atoms with van der Waals surface area (Å²) in [7, 11) is 0. The van der Waals surface area contributed by atoms with Crippen molar-refractivity contribution in [2.45, 2.75) is 44.5 Å². The lowest BCUT2D eigenvalue weighted by Crippen LogP contribution is -2.66. The molecule has 2 saturated heterocycles. The predicted molar refractivity (Wildman–Crippen MR) is 68.0 cm³/mol. The molecule has 1 N–H and O–H groups in total. The standard InChI is InChI=1S/C15H18O5/c1-8-3-11-14(6-16,5-9(8)17)13(2)10(18)4-12(20-11)15(13)7-19-15/h3,11-12,16H,4-7H2,1-2H3/t11-,12-,13-,14-,15+/m1/s1. The van der Waals surface area contributed by atoms with Crippen molar-refractivity contribution >= 4 is 11.6 Å². The van der Waals surface area contributed by atoms with E-state index in [0.29, 0.717) is 18.6 Å². The van der Waals surface area contributed by atoms with Crippen LogP contribution in [-0.4, -0.2) is 47.7 Å². The van der Waals surface area contributed by atoms with E-state index in [1.54, 1.807) is 13.0 Å². The summed E-state index contributed by atoms with van der Waals surface area (Å²) in [6.45, 7) is 3.85. The van der Waals surface area contributed by atoms with Crippen molar-refractivity contribution in [1.29, 1.82) is 0 Å². The van der Waals surface area contributed by atoms with E-state index in [4.69, 9.17) is 9.47 Å². The number of epoxide rings is 1. The highest BCUT2D eigenvalue weighted by Gasteiger charge is 2.82. The number of ether oxygens (including phenoxy) is 2. The van der Waals surface area contributed by atoms with Crippen molar-refractivity contribution in [3.63, 3.8) is 0 Å². The number of ketones is 2. The lowest BCUT2D eigenvalue weighted by atomic mass is 9.51. The first-order valence-electron chi connectivity index (χ1n) is 7.06. The van der Waals surface area contributed by atoms with Crippen LogP contribution in [0.15, 0.2) is 11.6 Å². The van der Waals surface area contributed by atoms with Crippen molar-refractivity contribution in [1.82, 2.24) is 0 Å². The second-order valence-electron chi connectivity index (χ2n) is 6.74. The fraction of sp³-hybridized carbons (Fsp3) is 0.733. The van der Waals surface area contributed by atoms with Crippen LogP contribution in [-0.2, 0) is 19.1 Å². The van der Waals surface area contributed by atoms with Crippen LogP contribution in [0.5, 0.6) is 0 Å². The second kappa shape index (κ2) is 3.40. The second-order valence-corrected chi connectivity index (χ2v) is 6.74. The van der Waals surface area contributed by atoms with Crippen LogP contribution in [0.1, 0.15) is 26.7 Å². The molecule has 3 fully saturated rings. The molecule has 2 heterocycles. The van der Waals surface area contributed by atoms with E-state index < -0.39 is 16.4 Å². The van der Waals surface area contributed by atoms with E-state index >= 15 is 0 Å². The van der Waals surface area contributed by atoms with E-state index in [0.717, 1.165) is 0 Å². The van der Waals surface area contributed by atoms with Crippen LogP contribution in [0.25, 0.3) is 0 Å².